The molecule has 1 aromatic carbocycles. The van der Waals surface area contributed by atoms with Gasteiger partial charge in [0.25, 0.3) is 0 Å². The predicted octanol–water partition coefficient (Wildman–Crippen LogP) is 1.74. The smallest absolute Gasteiger partial charge is 0.216 e. The molecule has 1 unspecified atom stereocenters. The lowest BCUT2D eigenvalue weighted by Crippen LogP contribution is -2.15. The van der Waals surface area contributed by atoms with Gasteiger partial charge in [0.2, 0.25) is 5.88 Å². The summed E-state index contributed by atoms with van der Waals surface area (Å²) < 4.78 is 10.4. The molecule has 2 N–H and O–H groups in total. The fraction of sp³-hybridized carbons (Fsp3) is 0.286. The van der Waals surface area contributed by atoms with Crippen LogP contribution in [0, 0.1) is 0 Å². The number of rotatable bonds is 5. The third-order valence-electron chi connectivity index (χ3n) is 2.88. The van der Waals surface area contributed by atoms with Crippen molar-refractivity contribution in [1.82, 2.24) is 9.97 Å². The Hall–Kier alpha value is -2.14. The van der Waals surface area contributed by atoms with Crippen LogP contribution in [0.4, 0.5) is 0 Å². The maximum atomic E-state index is 6.21. The molecular weight excluding hydrogens is 242 g/mol. The van der Waals surface area contributed by atoms with Gasteiger partial charge in [-0.2, -0.15) is 0 Å². The summed E-state index contributed by atoms with van der Waals surface area (Å²) in [4.78, 5) is 8.17. The van der Waals surface area contributed by atoms with E-state index in [2.05, 4.69) is 9.97 Å². The van der Waals surface area contributed by atoms with E-state index in [1.54, 1.807) is 20.3 Å². The Labute approximate surface area is 112 Å². The van der Waals surface area contributed by atoms with Gasteiger partial charge in [-0.3, -0.25) is 0 Å². The van der Waals surface area contributed by atoms with Crippen LogP contribution >= 0.6 is 0 Å². The second kappa shape index (κ2) is 6.15. The first-order valence-corrected chi connectivity index (χ1v) is 5.98. The van der Waals surface area contributed by atoms with Crippen molar-refractivity contribution in [3.8, 4) is 11.6 Å². The minimum Gasteiger partial charge on any atom is -0.496 e. The van der Waals surface area contributed by atoms with Gasteiger partial charge in [-0.05, 0) is 6.07 Å². The van der Waals surface area contributed by atoms with Gasteiger partial charge in [-0.1, -0.05) is 18.2 Å². The highest BCUT2D eigenvalue weighted by Crippen LogP contribution is 2.25. The van der Waals surface area contributed by atoms with Crippen LogP contribution in [-0.2, 0) is 6.42 Å². The lowest BCUT2D eigenvalue weighted by molar-refractivity contribution is 0.395. The molecule has 5 heteroatoms. The highest BCUT2D eigenvalue weighted by molar-refractivity contribution is 5.36. The third kappa shape index (κ3) is 3.20. The molecule has 2 aromatic rings. The zero-order valence-corrected chi connectivity index (χ0v) is 11.0. The van der Waals surface area contributed by atoms with Crippen LogP contribution in [0.15, 0.2) is 36.7 Å². The minimum atomic E-state index is -0.184. The van der Waals surface area contributed by atoms with Gasteiger partial charge in [0, 0.05) is 29.8 Å². The molecule has 0 aliphatic heterocycles. The molecule has 1 aromatic heterocycles. The summed E-state index contributed by atoms with van der Waals surface area (Å²) >= 11 is 0. The van der Waals surface area contributed by atoms with E-state index < -0.39 is 0 Å². The summed E-state index contributed by atoms with van der Waals surface area (Å²) in [6.45, 7) is 0. The molecule has 5 nitrogen and oxygen atoms in total. The van der Waals surface area contributed by atoms with Gasteiger partial charge in [0.1, 0.15) is 12.1 Å². The van der Waals surface area contributed by atoms with Crippen molar-refractivity contribution >= 4 is 0 Å². The summed E-state index contributed by atoms with van der Waals surface area (Å²) in [7, 11) is 3.21. The Morgan fingerprint density at radius 2 is 1.95 bits per heavy atom. The van der Waals surface area contributed by atoms with Gasteiger partial charge >= 0.3 is 0 Å². The molecule has 0 saturated heterocycles. The molecule has 19 heavy (non-hydrogen) atoms. The van der Waals surface area contributed by atoms with Crippen molar-refractivity contribution in [2.45, 2.75) is 12.5 Å². The average molecular weight is 259 g/mol. The van der Waals surface area contributed by atoms with Crippen LogP contribution in [0.3, 0.4) is 0 Å². The molecule has 100 valence electrons. The van der Waals surface area contributed by atoms with Crippen LogP contribution in [0.25, 0.3) is 0 Å². The monoisotopic (exact) mass is 259 g/mol. The number of ether oxygens (including phenoxy) is 2. The van der Waals surface area contributed by atoms with E-state index in [4.69, 9.17) is 15.2 Å². The summed E-state index contributed by atoms with van der Waals surface area (Å²) in [6.07, 6.45) is 2.07. The molecule has 2 rings (SSSR count). The second-order valence-electron chi connectivity index (χ2n) is 4.10. The number of benzene rings is 1. The van der Waals surface area contributed by atoms with Crippen LogP contribution in [-0.4, -0.2) is 24.2 Å². The summed E-state index contributed by atoms with van der Waals surface area (Å²) in [6, 6.07) is 9.32. The van der Waals surface area contributed by atoms with E-state index in [-0.39, 0.29) is 6.04 Å². The number of hydrogen-bond acceptors (Lipinski definition) is 5. The quantitative estimate of drug-likeness (QED) is 0.885. The Morgan fingerprint density at radius 1 is 1.16 bits per heavy atom. The van der Waals surface area contributed by atoms with Crippen LogP contribution in [0.5, 0.6) is 11.6 Å². The number of methoxy groups -OCH3 is 2. The van der Waals surface area contributed by atoms with E-state index in [0.717, 1.165) is 17.0 Å². The number of hydrogen-bond donors (Lipinski definition) is 1. The van der Waals surface area contributed by atoms with Crippen LogP contribution < -0.4 is 15.2 Å². The van der Waals surface area contributed by atoms with E-state index >= 15 is 0 Å². The molecule has 0 aliphatic carbocycles. The topological polar surface area (TPSA) is 70.3 Å². The average Bonchev–Trinajstić information content (AvgIpc) is 2.47. The second-order valence-corrected chi connectivity index (χ2v) is 4.10. The number of nitrogens with two attached hydrogens (primary N) is 1. The highest BCUT2D eigenvalue weighted by atomic mass is 16.5. The Kier molecular flexibility index (Phi) is 4.30. The van der Waals surface area contributed by atoms with Crippen molar-refractivity contribution in [1.29, 1.82) is 0 Å². The SMILES string of the molecule is COc1cc(CC(N)c2ccccc2OC)ncn1. The molecule has 0 bridgehead atoms. The van der Waals surface area contributed by atoms with Gasteiger partial charge in [0.15, 0.2) is 0 Å². The molecule has 0 amide bonds. The largest absolute Gasteiger partial charge is 0.496 e. The van der Waals surface area contributed by atoms with Crippen LogP contribution in [0.1, 0.15) is 17.3 Å². The maximum absolute atomic E-state index is 6.21. The van der Waals surface area contributed by atoms with Gasteiger partial charge in [-0.15, -0.1) is 0 Å². The summed E-state index contributed by atoms with van der Waals surface area (Å²) in [5.74, 6) is 1.33. The van der Waals surface area contributed by atoms with Crippen molar-refractivity contribution in [3.63, 3.8) is 0 Å². The van der Waals surface area contributed by atoms with E-state index in [9.17, 15) is 0 Å². The fourth-order valence-electron chi connectivity index (χ4n) is 1.91. The normalized spacial score (nSPS) is 11.9. The number of nitrogens with zero attached hydrogens (tertiary/aromatic N) is 2. The first kappa shape index (κ1) is 13.3. The number of para-hydroxylation sites is 1. The van der Waals surface area contributed by atoms with Crippen molar-refractivity contribution in [2.75, 3.05) is 14.2 Å². The van der Waals surface area contributed by atoms with E-state index in [1.807, 2.05) is 24.3 Å². The van der Waals surface area contributed by atoms with Gasteiger partial charge < -0.3 is 15.2 Å². The molecule has 0 saturated carbocycles. The summed E-state index contributed by atoms with van der Waals surface area (Å²) in [5.41, 5.74) is 8.01. The third-order valence-corrected chi connectivity index (χ3v) is 2.88. The molecule has 0 aliphatic rings. The number of aromatic nitrogens is 2. The lowest BCUT2D eigenvalue weighted by Gasteiger charge is -2.15. The molecule has 0 fully saturated rings. The zero-order valence-electron chi connectivity index (χ0n) is 11.0. The highest BCUT2D eigenvalue weighted by Gasteiger charge is 2.13. The zero-order chi connectivity index (χ0) is 13.7. The molecular formula is C14H17N3O2. The minimum absolute atomic E-state index is 0.184. The first-order valence-electron chi connectivity index (χ1n) is 5.98. The van der Waals surface area contributed by atoms with Gasteiger partial charge in [0.05, 0.1) is 14.2 Å². The van der Waals surface area contributed by atoms with Crippen molar-refractivity contribution in [2.24, 2.45) is 5.73 Å². The first-order chi connectivity index (χ1) is 9.24. The summed E-state index contributed by atoms with van der Waals surface area (Å²) in [5, 5.41) is 0. The molecule has 1 heterocycles. The predicted molar refractivity (Wildman–Crippen MR) is 72.2 cm³/mol. The Morgan fingerprint density at radius 3 is 2.68 bits per heavy atom. The Balaban J connectivity index is 2.18. The van der Waals surface area contributed by atoms with Crippen molar-refractivity contribution in [3.05, 3.63) is 47.9 Å². The van der Waals surface area contributed by atoms with Crippen molar-refractivity contribution < 1.29 is 9.47 Å². The molecule has 0 spiro atoms. The maximum Gasteiger partial charge on any atom is 0.216 e. The standard InChI is InChI=1S/C14H17N3O2/c1-18-13-6-4-3-5-11(13)12(15)7-10-8-14(19-2)17-9-16-10/h3-6,8-9,12H,7,15H2,1-2H3. The van der Waals surface area contributed by atoms with E-state index in [1.165, 1.54) is 6.33 Å². The van der Waals surface area contributed by atoms with Gasteiger partial charge in [-0.25, -0.2) is 9.97 Å². The van der Waals surface area contributed by atoms with Crippen LogP contribution in [0.2, 0.25) is 0 Å². The molecule has 1 atom stereocenters. The Bertz CT molecular complexity index is 546. The fourth-order valence-corrected chi connectivity index (χ4v) is 1.91. The van der Waals surface area contributed by atoms with E-state index in [0.29, 0.717) is 12.3 Å². The lowest BCUT2D eigenvalue weighted by atomic mass is 10.0. The molecule has 0 radical (unpaired) electrons.